The molecule has 3 aliphatic heterocycles. The van der Waals surface area contributed by atoms with E-state index in [-0.39, 0.29) is 92.7 Å². The molecule has 0 aromatic carbocycles. The second-order valence-corrected chi connectivity index (χ2v) is 34.1. The Morgan fingerprint density at radius 2 is 0.909 bits per heavy atom. The molecule has 0 aliphatic carbocycles. The van der Waals surface area contributed by atoms with Gasteiger partial charge in [-0.3, -0.25) is 48.2 Å². The predicted molar refractivity (Wildman–Crippen MR) is 314 cm³/mol. The van der Waals surface area contributed by atoms with Crippen LogP contribution in [0.4, 0.5) is 0 Å². The van der Waals surface area contributed by atoms with E-state index in [2.05, 4.69) is 93.7 Å². The SMILES string of the molecule is CC(C)(C)C(=O)ON1C(=O)CC(C(C)(C)C)C1=O.CC(C)(C)CN1C(=O)C=C(C(C)(C)C)C1=O.CC(C)(C)CNC(=O)CC(C)(C)C.CC(C)(C)CNC(=O)CCN1C(=O)C=C(C(C)(C)C)C1=O.CC(C)(C)SC(C)(C)C. The lowest BCUT2D eigenvalue weighted by molar-refractivity contribution is -0.204. The minimum Gasteiger partial charge on any atom is -0.356 e. The Bertz CT molecular complexity index is 2140. The van der Waals surface area contributed by atoms with Crippen molar-refractivity contribution in [3.8, 4) is 0 Å². The van der Waals surface area contributed by atoms with Gasteiger partial charge in [-0.15, -0.1) is 5.06 Å². The summed E-state index contributed by atoms with van der Waals surface area (Å²) in [6.45, 7) is 62.3. The first-order valence-electron chi connectivity index (χ1n) is 27.2. The molecule has 16 heteroatoms. The number of rotatable bonds is 8. The number of nitrogens with one attached hydrogen (secondary N) is 2. The van der Waals surface area contributed by atoms with E-state index in [1.807, 2.05) is 116 Å². The smallest absolute Gasteiger partial charge is 0.338 e. The fourth-order valence-electron chi connectivity index (χ4n) is 7.02. The number of carbonyl (C=O) groups excluding carboxylic acids is 9. The summed E-state index contributed by atoms with van der Waals surface area (Å²) in [5.41, 5.74) is -0.382. The van der Waals surface area contributed by atoms with E-state index in [0.29, 0.717) is 45.2 Å². The van der Waals surface area contributed by atoms with Crippen molar-refractivity contribution in [2.45, 2.75) is 236 Å². The maximum atomic E-state index is 12.2. The highest BCUT2D eigenvalue weighted by molar-refractivity contribution is 8.01. The summed E-state index contributed by atoms with van der Waals surface area (Å²) in [5.74, 6) is -2.79. The Morgan fingerprint density at radius 1 is 0.532 bits per heavy atom. The van der Waals surface area contributed by atoms with Crippen molar-refractivity contribution in [3.05, 3.63) is 23.3 Å². The van der Waals surface area contributed by atoms with E-state index < -0.39 is 29.1 Å². The molecule has 3 rings (SSSR count). The van der Waals surface area contributed by atoms with Gasteiger partial charge in [0.1, 0.15) is 0 Å². The molecular formula is C61H109N5O10S. The molecule has 0 radical (unpaired) electrons. The topological polar surface area (TPSA) is 197 Å². The van der Waals surface area contributed by atoms with Crippen LogP contribution in [0.3, 0.4) is 0 Å². The normalized spacial score (nSPS) is 17.0. The summed E-state index contributed by atoms with van der Waals surface area (Å²) in [6, 6.07) is 0. The zero-order valence-electron chi connectivity index (χ0n) is 54.0. The van der Waals surface area contributed by atoms with E-state index in [1.165, 1.54) is 17.1 Å². The Morgan fingerprint density at radius 3 is 1.19 bits per heavy atom. The number of imide groups is 3. The molecule has 1 unspecified atom stereocenters. The summed E-state index contributed by atoms with van der Waals surface area (Å²) in [5, 5.41) is 6.38. The molecule has 1 atom stereocenters. The number of nitrogens with zero attached hydrogens (tertiary/aromatic N) is 3. The van der Waals surface area contributed by atoms with Gasteiger partial charge >= 0.3 is 5.97 Å². The van der Waals surface area contributed by atoms with Crippen molar-refractivity contribution in [1.82, 2.24) is 25.5 Å². The maximum absolute atomic E-state index is 12.2. The third-order valence-electron chi connectivity index (χ3n) is 10.7. The van der Waals surface area contributed by atoms with Gasteiger partial charge in [0.05, 0.1) is 11.3 Å². The standard InChI is InChI=1S/C16H26N2O3.C13H21NO4.C13H21NO2.C11H23NO.C8H18S/c1-15(2,3)10-17-12(19)7-8-18-13(20)9-11(14(18)21)16(4,5)6;1-12(2,3)8-7-9(15)14(10(8)16)18-11(17)13(4,5)6;1-12(2,3)8-14-10(15)7-9(11(14)16)13(4,5)6;1-10(2,3)7-9(13)12-8-11(4,5)6;1-7(2,3)9-8(4,5)6/h9H,7-8,10H2,1-6H3,(H,17,19);8H,7H2,1-6H3;7H,8H2,1-6H3;7-8H2,1-6H3,(H,12,13);1-6H3. The predicted octanol–water partition coefficient (Wildman–Crippen LogP) is 12.1. The Balaban J connectivity index is 0. The molecule has 3 aliphatic rings. The van der Waals surface area contributed by atoms with Crippen molar-refractivity contribution >= 4 is 65.0 Å². The van der Waals surface area contributed by atoms with Gasteiger partial charge < -0.3 is 15.5 Å². The molecule has 2 N–H and O–H groups in total. The third kappa shape index (κ3) is 31.7. The van der Waals surface area contributed by atoms with Crippen molar-refractivity contribution in [2.24, 2.45) is 49.2 Å². The number of hydrogen-bond acceptors (Lipinski definition) is 11. The molecule has 3 heterocycles. The van der Waals surface area contributed by atoms with Crippen LogP contribution in [0.25, 0.3) is 0 Å². The fourth-order valence-corrected chi connectivity index (χ4v) is 8.86. The first-order chi connectivity index (χ1) is 33.7. The number of thioether (sulfide) groups is 1. The molecular weight excluding hydrogens is 995 g/mol. The molecule has 0 aromatic heterocycles. The van der Waals surface area contributed by atoms with Gasteiger partial charge in [-0.05, 0) is 58.7 Å². The van der Waals surface area contributed by atoms with E-state index in [9.17, 15) is 43.2 Å². The van der Waals surface area contributed by atoms with Crippen LogP contribution in [0.15, 0.2) is 23.3 Å². The van der Waals surface area contributed by atoms with Crippen molar-refractivity contribution in [1.29, 1.82) is 0 Å². The van der Waals surface area contributed by atoms with Crippen molar-refractivity contribution < 1.29 is 48.0 Å². The molecule has 77 heavy (non-hydrogen) atoms. The molecule has 1 saturated heterocycles. The Labute approximate surface area is 471 Å². The van der Waals surface area contributed by atoms with E-state index in [1.54, 1.807) is 20.8 Å². The first kappa shape index (κ1) is 74.7. The highest BCUT2D eigenvalue weighted by atomic mass is 32.2. The van der Waals surface area contributed by atoms with Gasteiger partial charge in [0.2, 0.25) is 11.8 Å². The lowest BCUT2D eigenvalue weighted by Gasteiger charge is -2.28. The highest BCUT2D eigenvalue weighted by Gasteiger charge is 2.48. The number of amides is 8. The Hall–Kier alpha value is -4.34. The number of carbonyl (C=O) groups is 9. The fraction of sp³-hybridized carbons (Fsp3) is 0.787. The average molecular weight is 1100 g/mol. The summed E-state index contributed by atoms with van der Waals surface area (Å²) < 4.78 is 0.802. The van der Waals surface area contributed by atoms with Crippen LogP contribution in [0.1, 0.15) is 227 Å². The highest BCUT2D eigenvalue weighted by Crippen LogP contribution is 2.37. The molecule has 1 fully saturated rings. The minimum atomic E-state index is -0.750. The molecule has 0 bridgehead atoms. The summed E-state index contributed by atoms with van der Waals surface area (Å²) in [7, 11) is 0. The molecule has 15 nitrogen and oxygen atoms in total. The molecule has 0 saturated carbocycles. The average Bonchev–Trinajstić information content (AvgIpc) is 3.73. The van der Waals surface area contributed by atoms with E-state index in [0.717, 1.165) is 11.4 Å². The zero-order chi connectivity index (χ0) is 61.9. The van der Waals surface area contributed by atoms with E-state index >= 15 is 0 Å². The van der Waals surface area contributed by atoms with Gasteiger partial charge in [-0.25, -0.2) is 4.79 Å². The van der Waals surface area contributed by atoms with Crippen LogP contribution in [0.5, 0.6) is 0 Å². The van der Waals surface area contributed by atoms with Crippen LogP contribution >= 0.6 is 11.8 Å². The van der Waals surface area contributed by atoms with Crippen molar-refractivity contribution in [2.75, 3.05) is 26.2 Å². The first-order valence-corrected chi connectivity index (χ1v) is 28.0. The second-order valence-electron chi connectivity index (χ2n) is 31.5. The van der Waals surface area contributed by atoms with Crippen LogP contribution in [0, 0.1) is 49.2 Å². The van der Waals surface area contributed by atoms with Gasteiger partial charge in [0.15, 0.2) is 0 Å². The molecule has 0 aromatic rings. The van der Waals surface area contributed by atoms with Gasteiger partial charge in [-0.2, -0.15) is 11.8 Å². The molecule has 444 valence electrons. The monoisotopic (exact) mass is 1100 g/mol. The van der Waals surface area contributed by atoms with Crippen LogP contribution < -0.4 is 10.6 Å². The van der Waals surface area contributed by atoms with Crippen molar-refractivity contribution in [3.63, 3.8) is 0 Å². The minimum absolute atomic E-state index is 0.00982. The van der Waals surface area contributed by atoms with Crippen LogP contribution in [0.2, 0.25) is 0 Å². The zero-order valence-corrected chi connectivity index (χ0v) is 54.8. The lowest BCUT2D eigenvalue weighted by atomic mass is 9.80. The van der Waals surface area contributed by atoms with Crippen LogP contribution in [-0.2, 0) is 48.0 Å². The van der Waals surface area contributed by atoms with Gasteiger partial charge in [-0.1, -0.05) is 187 Å². The quantitative estimate of drug-likeness (QED) is 0.219. The number of hydrogen-bond donors (Lipinski definition) is 2. The van der Waals surface area contributed by atoms with Crippen LogP contribution in [-0.4, -0.2) is 104 Å². The Kier molecular flexibility index (Phi) is 26.9. The summed E-state index contributed by atoms with van der Waals surface area (Å²) >= 11 is 2.01. The van der Waals surface area contributed by atoms with Gasteiger partial charge in [0.25, 0.3) is 35.4 Å². The van der Waals surface area contributed by atoms with E-state index in [4.69, 9.17) is 4.84 Å². The van der Waals surface area contributed by atoms with Gasteiger partial charge in [0, 0.05) is 78.2 Å². The third-order valence-corrected chi connectivity index (χ3v) is 11.9. The molecule has 0 spiro atoms. The second kappa shape index (κ2) is 27.7. The lowest BCUT2D eigenvalue weighted by Crippen LogP contribution is -2.39. The largest absolute Gasteiger partial charge is 0.356 e. The summed E-state index contributed by atoms with van der Waals surface area (Å²) in [4.78, 5) is 114. The summed E-state index contributed by atoms with van der Waals surface area (Å²) in [6.07, 6.45) is 3.70. The molecule has 8 amide bonds. The number of hydroxylamine groups is 2. The maximum Gasteiger partial charge on any atom is 0.338 e.